The normalized spacial score (nSPS) is 15.6. The molecule has 168 valence electrons. The van der Waals surface area contributed by atoms with Gasteiger partial charge in [-0.15, -0.1) is 0 Å². The molecule has 0 spiro atoms. The molecule has 1 aliphatic heterocycles. The highest BCUT2D eigenvalue weighted by Crippen LogP contribution is 2.21. The average Bonchev–Trinajstić information content (AvgIpc) is 2.80. The van der Waals surface area contributed by atoms with Crippen LogP contribution in [0.5, 0.6) is 0 Å². The summed E-state index contributed by atoms with van der Waals surface area (Å²) in [5.74, 6) is -1.47. The first-order valence-electron chi connectivity index (χ1n) is 10.7. The van der Waals surface area contributed by atoms with E-state index in [0.717, 1.165) is 12.0 Å². The van der Waals surface area contributed by atoms with Crippen molar-refractivity contribution in [1.29, 1.82) is 0 Å². The third-order valence-electron chi connectivity index (χ3n) is 5.43. The van der Waals surface area contributed by atoms with Gasteiger partial charge in [0, 0.05) is 26.1 Å². The third-order valence-corrected chi connectivity index (χ3v) is 5.43. The van der Waals surface area contributed by atoms with Crippen LogP contribution in [0.1, 0.15) is 35.2 Å². The molecule has 32 heavy (non-hydrogen) atoms. The van der Waals surface area contributed by atoms with Crippen LogP contribution in [-0.4, -0.2) is 48.2 Å². The molecular formula is C24H28N4O4. The zero-order valence-corrected chi connectivity index (χ0v) is 17.9. The first kappa shape index (κ1) is 23.0. The lowest BCUT2D eigenvalue weighted by Crippen LogP contribution is -2.44. The van der Waals surface area contributed by atoms with E-state index in [4.69, 9.17) is 5.73 Å². The van der Waals surface area contributed by atoms with Gasteiger partial charge in [-0.1, -0.05) is 42.5 Å². The molecular weight excluding hydrogens is 408 g/mol. The molecule has 1 fully saturated rings. The van der Waals surface area contributed by atoms with E-state index in [-0.39, 0.29) is 30.7 Å². The largest absolute Gasteiger partial charge is 0.370 e. The van der Waals surface area contributed by atoms with Gasteiger partial charge in [0.1, 0.15) is 0 Å². The number of hydrogen-bond acceptors (Lipinski definition) is 4. The van der Waals surface area contributed by atoms with Crippen molar-refractivity contribution >= 4 is 29.3 Å². The quantitative estimate of drug-likeness (QED) is 0.583. The second-order valence-corrected chi connectivity index (χ2v) is 7.85. The third kappa shape index (κ3) is 6.41. The fraction of sp³-hybridized carbons (Fsp3) is 0.333. The van der Waals surface area contributed by atoms with Crippen LogP contribution in [0.4, 0.5) is 5.69 Å². The number of rotatable bonds is 8. The Morgan fingerprint density at radius 3 is 2.47 bits per heavy atom. The van der Waals surface area contributed by atoms with E-state index in [2.05, 4.69) is 10.6 Å². The van der Waals surface area contributed by atoms with Crippen LogP contribution >= 0.6 is 0 Å². The Morgan fingerprint density at radius 1 is 1.00 bits per heavy atom. The van der Waals surface area contributed by atoms with Crippen molar-refractivity contribution in [3.63, 3.8) is 0 Å². The van der Waals surface area contributed by atoms with Gasteiger partial charge in [-0.3, -0.25) is 19.2 Å². The van der Waals surface area contributed by atoms with E-state index >= 15 is 0 Å². The fourth-order valence-corrected chi connectivity index (χ4v) is 3.72. The van der Waals surface area contributed by atoms with Crippen LogP contribution in [0.2, 0.25) is 0 Å². The molecule has 0 aromatic heterocycles. The number of amides is 4. The molecule has 0 saturated carbocycles. The molecule has 1 atom stereocenters. The maximum Gasteiger partial charge on any atom is 0.253 e. The van der Waals surface area contributed by atoms with E-state index in [0.29, 0.717) is 37.2 Å². The van der Waals surface area contributed by atoms with Crippen molar-refractivity contribution in [2.24, 2.45) is 11.7 Å². The summed E-state index contributed by atoms with van der Waals surface area (Å²) in [6.07, 6.45) is 1.76. The number of piperidine rings is 1. The maximum atomic E-state index is 12.9. The molecule has 2 aromatic rings. The lowest BCUT2D eigenvalue weighted by atomic mass is 9.96. The van der Waals surface area contributed by atoms with Crippen molar-refractivity contribution in [3.8, 4) is 0 Å². The summed E-state index contributed by atoms with van der Waals surface area (Å²) < 4.78 is 0. The summed E-state index contributed by atoms with van der Waals surface area (Å²) in [5.41, 5.74) is 6.74. The fourth-order valence-electron chi connectivity index (χ4n) is 3.72. The van der Waals surface area contributed by atoms with E-state index in [1.807, 2.05) is 30.3 Å². The van der Waals surface area contributed by atoms with Crippen molar-refractivity contribution in [2.45, 2.75) is 25.7 Å². The van der Waals surface area contributed by atoms with Crippen LogP contribution in [0.3, 0.4) is 0 Å². The summed E-state index contributed by atoms with van der Waals surface area (Å²) >= 11 is 0. The molecule has 0 bridgehead atoms. The van der Waals surface area contributed by atoms with Gasteiger partial charge in [0.15, 0.2) is 0 Å². The Hall–Kier alpha value is -3.68. The Kier molecular flexibility index (Phi) is 7.96. The van der Waals surface area contributed by atoms with Gasteiger partial charge in [-0.2, -0.15) is 0 Å². The van der Waals surface area contributed by atoms with Crippen LogP contribution in [0.15, 0.2) is 54.6 Å². The molecule has 8 nitrogen and oxygen atoms in total. The SMILES string of the molecule is NC(=O)CCNC(=O)c1ccccc1NC(=O)C1CCCN(C(=O)Cc2ccccc2)C1. The molecule has 2 aromatic carbocycles. The van der Waals surface area contributed by atoms with Crippen LogP contribution in [-0.2, 0) is 20.8 Å². The van der Waals surface area contributed by atoms with Crippen LogP contribution in [0.25, 0.3) is 0 Å². The van der Waals surface area contributed by atoms with E-state index < -0.39 is 11.8 Å². The first-order valence-corrected chi connectivity index (χ1v) is 10.7. The van der Waals surface area contributed by atoms with E-state index in [1.54, 1.807) is 29.2 Å². The van der Waals surface area contributed by atoms with Gasteiger partial charge in [0.2, 0.25) is 17.7 Å². The van der Waals surface area contributed by atoms with Crippen molar-refractivity contribution in [3.05, 3.63) is 65.7 Å². The summed E-state index contributed by atoms with van der Waals surface area (Å²) in [5, 5.41) is 5.46. The minimum Gasteiger partial charge on any atom is -0.370 e. The van der Waals surface area contributed by atoms with E-state index in [1.165, 1.54) is 0 Å². The van der Waals surface area contributed by atoms with Gasteiger partial charge in [-0.05, 0) is 30.5 Å². The van der Waals surface area contributed by atoms with E-state index in [9.17, 15) is 19.2 Å². The topological polar surface area (TPSA) is 122 Å². The number of para-hydroxylation sites is 1. The zero-order chi connectivity index (χ0) is 22.9. The molecule has 4 amide bonds. The number of carbonyl (C=O) groups excluding carboxylic acids is 4. The minimum absolute atomic E-state index is 0.00271. The number of benzene rings is 2. The number of hydrogen-bond donors (Lipinski definition) is 3. The van der Waals surface area contributed by atoms with Crippen LogP contribution < -0.4 is 16.4 Å². The number of carbonyl (C=O) groups is 4. The predicted molar refractivity (Wildman–Crippen MR) is 121 cm³/mol. The predicted octanol–water partition coefficient (Wildman–Crippen LogP) is 1.71. The molecule has 8 heteroatoms. The maximum absolute atomic E-state index is 12.9. The Labute approximate surface area is 187 Å². The number of likely N-dealkylation sites (tertiary alicyclic amines) is 1. The monoisotopic (exact) mass is 436 g/mol. The number of nitrogens with zero attached hydrogens (tertiary/aromatic N) is 1. The highest BCUT2D eigenvalue weighted by molar-refractivity contribution is 6.04. The second-order valence-electron chi connectivity index (χ2n) is 7.85. The summed E-state index contributed by atoms with van der Waals surface area (Å²) in [6.45, 7) is 1.11. The molecule has 1 aliphatic rings. The number of nitrogens with two attached hydrogens (primary N) is 1. The second kappa shape index (κ2) is 11.1. The number of primary amides is 1. The average molecular weight is 437 g/mol. The van der Waals surface area contributed by atoms with Crippen molar-refractivity contribution in [1.82, 2.24) is 10.2 Å². The molecule has 1 heterocycles. The summed E-state index contributed by atoms with van der Waals surface area (Å²) in [7, 11) is 0. The summed E-state index contributed by atoms with van der Waals surface area (Å²) in [6, 6.07) is 16.2. The number of anilines is 1. The van der Waals surface area contributed by atoms with Gasteiger partial charge in [0.25, 0.3) is 5.91 Å². The van der Waals surface area contributed by atoms with Gasteiger partial charge >= 0.3 is 0 Å². The Morgan fingerprint density at radius 2 is 1.72 bits per heavy atom. The molecule has 0 radical (unpaired) electrons. The standard InChI is InChI=1S/C24H28N4O4/c25-21(29)12-13-26-24(32)19-10-4-5-11-20(19)27-23(31)18-9-6-14-28(16-18)22(30)15-17-7-2-1-3-8-17/h1-5,7-8,10-11,18H,6,9,12-16H2,(H2,25,29)(H,26,32)(H,27,31). The van der Waals surface area contributed by atoms with Gasteiger partial charge < -0.3 is 21.3 Å². The first-order chi connectivity index (χ1) is 15.4. The smallest absolute Gasteiger partial charge is 0.253 e. The lowest BCUT2D eigenvalue weighted by molar-refractivity contribution is -0.134. The molecule has 1 unspecified atom stereocenters. The minimum atomic E-state index is -0.504. The number of nitrogens with one attached hydrogen (secondary N) is 2. The summed E-state index contributed by atoms with van der Waals surface area (Å²) in [4.78, 5) is 50.7. The Bertz CT molecular complexity index is 977. The highest BCUT2D eigenvalue weighted by Gasteiger charge is 2.29. The van der Waals surface area contributed by atoms with Crippen molar-refractivity contribution < 1.29 is 19.2 Å². The Balaban J connectivity index is 1.60. The lowest BCUT2D eigenvalue weighted by Gasteiger charge is -2.32. The molecule has 0 aliphatic carbocycles. The van der Waals surface area contributed by atoms with Crippen LogP contribution in [0, 0.1) is 5.92 Å². The highest BCUT2D eigenvalue weighted by atomic mass is 16.2. The molecule has 1 saturated heterocycles. The molecule has 3 rings (SSSR count). The van der Waals surface area contributed by atoms with Crippen molar-refractivity contribution in [2.75, 3.05) is 25.0 Å². The van der Waals surface area contributed by atoms with Gasteiger partial charge in [-0.25, -0.2) is 0 Å². The van der Waals surface area contributed by atoms with Gasteiger partial charge in [0.05, 0.1) is 23.6 Å². The molecule has 4 N–H and O–H groups in total. The zero-order valence-electron chi connectivity index (χ0n) is 17.9.